The van der Waals surface area contributed by atoms with Crippen molar-refractivity contribution in [2.75, 3.05) is 20.1 Å². The summed E-state index contributed by atoms with van der Waals surface area (Å²) in [5.41, 5.74) is 0.564. The van der Waals surface area contributed by atoms with Gasteiger partial charge in [-0.25, -0.2) is 4.79 Å². The fourth-order valence-corrected chi connectivity index (χ4v) is 2.82. The van der Waals surface area contributed by atoms with Gasteiger partial charge >= 0.3 is 12.2 Å². The van der Waals surface area contributed by atoms with Gasteiger partial charge in [-0.1, -0.05) is 29.3 Å². The van der Waals surface area contributed by atoms with Gasteiger partial charge in [0.2, 0.25) is 5.91 Å². The SMILES string of the molecule is CN1C[C@@H](C(=O)NCc2ccc(Cl)cc2Cl)N(CC(F)(F)F)C1=O. The van der Waals surface area contributed by atoms with E-state index in [2.05, 4.69) is 5.32 Å². The monoisotopic (exact) mass is 383 g/mol. The van der Waals surface area contributed by atoms with Gasteiger partial charge < -0.3 is 15.1 Å². The molecule has 0 radical (unpaired) electrons. The molecule has 1 N–H and O–H groups in total. The second-order valence-corrected chi connectivity index (χ2v) is 6.22. The van der Waals surface area contributed by atoms with E-state index in [0.29, 0.717) is 20.5 Å². The van der Waals surface area contributed by atoms with Gasteiger partial charge in [0.1, 0.15) is 12.6 Å². The van der Waals surface area contributed by atoms with Crippen LogP contribution in [0.5, 0.6) is 0 Å². The van der Waals surface area contributed by atoms with E-state index < -0.39 is 30.7 Å². The summed E-state index contributed by atoms with van der Waals surface area (Å²) in [6.07, 6.45) is -4.58. The number of urea groups is 1. The fraction of sp³-hybridized carbons (Fsp3) is 0.429. The van der Waals surface area contributed by atoms with Crippen molar-refractivity contribution in [2.24, 2.45) is 0 Å². The van der Waals surface area contributed by atoms with E-state index in [1.165, 1.54) is 13.1 Å². The Bertz CT molecular complexity index is 655. The largest absolute Gasteiger partial charge is 0.406 e. The van der Waals surface area contributed by atoms with Crippen molar-refractivity contribution < 1.29 is 22.8 Å². The number of amides is 3. The number of carbonyl (C=O) groups excluding carboxylic acids is 2. The Morgan fingerprint density at radius 3 is 2.62 bits per heavy atom. The minimum Gasteiger partial charge on any atom is -0.350 e. The molecule has 5 nitrogen and oxygen atoms in total. The molecule has 3 amide bonds. The minimum atomic E-state index is -4.58. The summed E-state index contributed by atoms with van der Waals surface area (Å²) in [6.45, 7) is -1.58. The molecule has 2 rings (SSSR count). The number of likely N-dealkylation sites (N-methyl/N-ethyl adjacent to an activating group) is 1. The lowest BCUT2D eigenvalue weighted by atomic mass is 10.2. The van der Waals surface area contributed by atoms with Crippen LogP contribution in [-0.2, 0) is 11.3 Å². The van der Waals surface area contributed by atoms with E-state index in [0.717, 1.165) is 4.90 Å². The van der Waals surface area contributed by atoms with Crippen molar-refractivity contribution in [3.8, 4) is 0 Å². The second-order valence-electron chi connectivity index (χ2n) is 5.38. The van der Waals surface area contributed by atoms with E-state index in [-0.39, 0.29) is 13.1 Å². The quantitative estimate of drug-likeness (QED) is 0.868. The van der Waals surface area contributed by atoms with Crippen LogP contribution in [0.2, 0.25) is 10.0 Å². The smallest absolute Gasteiger partial charge is 0.350 e. The first-order valence-corrected chi connectivity index (χ1v) is 7.64. The topological polar surface area (TPSA) is 52.7 Å². The molecule has 1 atom stereocenters. The van der Waals surface area contributed by atoms with Gasteiger partial charge in [-0.2, -0.15) is 13.2 Å². The van der Waals surface area contributed by atoms with Crippen LogP contribution in [-0.4, -0.2) is 54.1 Å². The zero-order valence-corrected chi connectivity index (χ0v) is 14.0. The first-order chi connectivity index (χ1) is 11.1. The summed E-state index contributed by atoms with van der Waals surface area (Å²) >= 11 is 11.7. The highest BCUT2D eigenvalue weighted by Gasteiger charge is 2.45. The van der Waals surface area contributed by atoms with Crippen LogP contribution in [0.1, 0.15) is 5.56 Å². The summed E-state index contributed by atoms with van der Waals surface area (Å²) in [6, 6.07) is 2.63. The van der Waals surface area contributed by atoms with E-state index in [1.54, 1.807) is 12.1 Å². The summed E-state index contributed by atoms with van der Waals surface area (Å²) in [5.74, 6) is -0.678. The number of halogens is 5. The van der Waals surface area contributed by atoms with E-state index in [1.807, 2.05) is 0 Å². The van der Waals surface area contributed by atoms with Crippen LogP contribution in [0.25, 0.3) is 0 Å². The molecular weight excluding hydrogens is 370 g/mol. The lowest BCUT2D eigenvalue weighted by Crippen LogP contribution is -2.48. The predicted molar refractivity (Wildman–Crippen MR) is 82.9 cm³/mol. The van der Waals surface area contributed by atoms with Crippen molar-refractivity contribution >= 4 is 35.1 Å². The van der Waals surface area contributed by atoms with Gasteiger partial charge in [0.25, 0.3) is 0 Å². The molecule has 0 spiro atoms. The molecule has 1 fully saturated rings. The number of hydrogen-bond acceptors (Lipinski definition) is 2. The lowest BCUT2D eigenvalue weighted by Gasteiger charge is -2.23. The van der Waals surface area contributed by atoms with Gasteiger partial charge in [0, 0.05) is 23.6 Å². The van der Waals surface area contributed by atoms with E-state index >= 15 is 0 Å². The third-order valence-electron chi connectivity index (χ3n) is 3.52. The third kappa shape index (κ3) is 4.45. The molecule has 132 valence electrons. The maximum atomic E-state index is 12.6. The molecule has 0 bridgehead atoms. The third-order valence-corrected chi connectivity index (χ3v) is 4.10. The average molecular weight is 384 g/mol. The Hall–Kier alpha value is -1.67. The predicted octanol–water partition coefficient (Wildman–Crippen LogP) is 2.91. The molecule has 10 heteroatoms. The maximum absolute atomic E-state index is 12.6. The van der Waals surface area contributed by atoms with Crippen molar-refractivity contribution in [3.05, 3.63) is 33.8 Å². The Kier molecular flexibility index (Phi) is 5.49. The maximum Gasteiger partial charge on any atom is 0.406 e. The van der Waals surface area contributed by atoms with Gasteiger partial charge in [0.05, 0.1) is 6.54 Å². The van der Waals surface area contributed by atoms with Crippen LogP contribution in [0.3, 0.4) is 0 Å². The summed E-state index contributed by atoms with van der Waals surface area (Å²) in [5, 5.41) is 3.26. The Morgan fingerprint density at radius 2 is 2.04 bits per heavy atom. The zero-order chi connectivity index (χ0) is 18.1. The van der Waals surface area contributed by atoms with Crippen LogP contribution in [0.15, 0.2) is 18.2 Å². The molecule has 1 aliphatic rings. The highest BCUT2D eigenvalue weighted by Crippen LogP contribution is 2.24. The fourth-order valence-electron chi connectivity index (χ4n) is 2.35. The molecule has 24 heavy (non-hydrogen) atoms. The first-order valence-electron chi connectivity index (χ1n) is 6.88. The Balaban J connectivity index is 2.05. The van der Waals surface area contributed by atoms with Crippen molar-refractivity contribution in [1.82, 2.24) is 15.1 Å². The van der Waals surface area contributed by atoms with Crippen molar-refractivity contribution in [1.29, 1.82) is 0 Å². The van der Waals surface area contributed by atoms with Crippen LogP contribution < -0.4 is 5.32 Å². The van der Waals surface area contributed by atoms with Gasteiger partial charge in [-0.15, -0.1) is 0 Å². The molecule has 0 saturated carbocycles. The highest BCUT2D eigenvalue weighted by atomic mass is 35.5. The second kappa shape index (κ2) is 7.06. The number of carbonyl (C=O) groups is 2. The molecular formula is C14H14Cl2F3N3O2. The number of hydrogen-bond donors (Lipinski definition) is 1. The number of nitrogens with one attached hydrogen (secondary N) is 1. The van der Waals surface area contributed by atoms with E-state index in [9.17, 15) is 22.8 Å². The molecule has 0 unspecified atom stereocenters. The number of rotatable bonds is 4. The van der Waals surface area contributed by atoms with Crippen LogP contribution >= 0.6 is 23.2 Å². The Morgan fingerprint density at radius 1 is 1.38 bits per heavy atom. The molecule has 0 aromatic heterocycles. The normalized spacial score (nSPS) is 18.2. The molecule has 1 heterocycles. The molecule has 1 saturated heterocycles. The molecule has 1 aliphatic heterocycles. The van der Waals surface area contributed by atoms with Gasteiger partial charge in [-0.3, -0.25) is 4.79 Å². The number of benzene rings is 1. The number of alkyl halides is 3. The summed E-state index contributed by atoms with van der Waals surface area (Å²) in [4.78, 5) is 25.6. The van der Waals surface area contributed by atoms with Crippen molar-refractivity contribution in [2.45, 2.75) is 18.8 Å². The van der Waals surface area contributed by atoms with Crippen LogP contribution in [0.4, 0.5) is 18.0 Å². The number of nitrogens with zero attached hydrogens (tertiary/aromatic N) is 2. The summed E-state index contributed by atoms with van der Waals surface area (Å²) in [7, 11) is 1.34. The van der Waals surface area contributed by atoms with E-state index in [4.69, 9.17) is 23.2 Å². The lowest BCUT2D eigenvalue weighted by molar-refractivity contribution is -0.146. The molecule has 1 aromatic rings. The average Bonchev–Trinajstić information content (AvgIpc) is 2.73. The first kappa shape index (κ1) is 18.7. The van der Waals surface area contributed by atoms with Crippen molar-refractivity contribution in [3.63, 3.8) is 0 Å². The standard InChI is InChI=1S/C14H14Cl2F3N3O2/c1-21-6-11(22(13(21)24)7-14(17,18)19)12(23)20-5-8-2-3-9(15)4-10(8)16/h2-4,11H,5-7H2,1H3,(H,20,23)/t11-/m0/s1. The zero-order valence-electron chi connectivity index (χ0n) is 12.5. The minimum absolute atomic E-state index is 0.0170. The van der Waals surface area contributed by atoms with Crippen LogP contribution in [0, 0.1) is 0 Å². The highest BCUT2D eigenvalue weighted by molar-refractivity contribution is 6.35. The van der Waals surface area contributed by atoms with Gasteiger partial charge in [-0.05, 0) is 17.7 Å². The summed E-state index contributed by atoms with van der Waals surface area (Å²) < 4.78 is 37.8. The molecule has 1 aromatic carbocycles. The van der Waals surface area contributed by atoms with Gasteiger partial charge in [0.15, 0.2) is 0 Å². The molecule has 0 aliphatic carbocycles. The Labute approximate surface area is 146 Å².